The first-order valence-corrected chi connectivity index (χ1v) is 5.81. The number of nitrogens with zero attached hydrogens (tertiary/aromatic N) is 3. The van der Waals surface area contributed by atoms with Gasteiger partial charge in [0.1, 0.15) is 11.5 Å². The van der Waals surface area contributed by atoms with Gasteiger partial charge in [-0.25, -0.2) is 4.98 Å². The predicted octanol–water partition coefficient (Wildman–Crippen LogP) is 2.04. The molecule has 0 atom stereocenters. The average molecular weight is 245 g/mol. The normalized spacial score (nSPS) is 10.3. The second-order valence-electron chi connectivity index (χ2n) is 3.94. The van der Waals surface area contributed by atoms with E-state index in [2.05, 4.69) is 9.97 Å². The fraction of sp³-hybridized carbons (Fsp3) is 0.308. The molecule has 0 bridgehead atoms. The molecule has 0 aliphatic heterocycles. The minimum atomic E-state index is -0.134. The average Bonchev–Trinajstić information content (AvgIpc) is 2.88. The smallest absolute Gasteiger partial charge is 0.274 e. The van der Waals surface area contributed by atoms with E-state index in [-0.39, 0.29) is 5.91 Å². The lowest BCUT2D eigenvalue weighted by Crippen LogP contribution is -2.31. The minimum absolute atomic E-state index is 0.134. The first-order valence-electron chi connectivity index (χ1n) is 5.81. The molecule has 1 amide bonds. The summed E-state index contributed by atoms with van der Waals surface area (Å²) < 4.78 is 5.25. The number of hydrogen-bond donors (Lipinski definition) is 0. The van der Waals surface area contributed by atoms with E-state index in [1.807, 2.05) is 19.9 Å². The third kappa shape index (κ3) is 2.74. The first kappa shape index (κ1) is 12.3. The van der Waals surface area contributed by atoms with Crippen molar-refractivity contribution in [3.8, 4) is 0 Å². The van der Waals surface area contributed by atoms with E-state index in [9.17, 15) is 4.79 Å². The van der Waals surface area contributed by atoms with E-state index in [4.69, 9.17) is 4.42 Å². The van der Waals surface area contributed by atoms with Crippen LogP contribution in [0.5, 0.6) is 0 Å². The number of amides is 1. The van der Waals surface area contributed by atoms with Gasteiger partial charge >= 0.3 is 0 Å². The van der Waals surface area contributed by atoms with Gasteiger partial charge in [-0.1, -0.05) is 0 Å². The lowest BCUT2D eigenvalue weighted by Gasteiger charge is -2.18. The summed E-state index contributed by atoms with van der Waals surface area (Å²) in [6, 6.07) is 3.65. The Morgan fingerprint density at radius 2 is 2.28 bits per heavy atom. The summed E-state index contributed by atoms with van der Waals surface area (Å²) in [6.45, 7) is 4.77. The number of furan rings is 1. The SMILES string of the molecule is CCN(Cc1ccco1)C(=O)c1cncc(C)n1. The molecule has 0 N–H and O–H groups in total. The quantitative estimate of drug-likeness (QED) is 0.827. The monoisotopic (exact) mass is 245 g/mol. The van der Waals surface area contributed by atoms with Gasteiger partial charge in [0.25, 0.3) is 5.91 Å². The van der Waals surface area contributed by atoms with Crippen molar-refractivity contribution in [1.82, 2.24) is 14.9 Å². The molecule has 18 heavy (non-hydrogen) atoms. The maximum Gasteiger partial charge on any atom is 0.274 e. The van der Waals surface area contributed by atoms with Gasteiger partial charge in [0.05, 0.1) is 24.7 Å². The van der Waals surface area contributed by atoms with Gasteiger partial charge in [-0.15, -0.1) is 0 Å². The molecule has 0 aliphatic carbocycles. The van der Waals surface area contributed by atoms with Crippen LogP contribution in [0.3, 0.4) is 0 Å². The number of aryl methyl sites for hydroxylation is 1. The highest BCUT2D eigenvalue weighted by molar-refractivity contribution is 5.91. The van der Waals surface area contributed by atoms with Crippen molar-refractivity contribution in [3.05, 3.63) is 47.9 Å². The Balaban J connectivity index is 2.15. The molecule has 5 heteroatoms. The topological polar surface area (TPSA) is 59.2 Å². The van der Waals surface area contributed by atoms with Gasteiger partial charge in [0, 0.05) is 12.7 Å². The molecule has 2 aromatic rings. The van der Waals surface area contributed by atoms with Crippen molar-refractivity contribution in [2.45, 2.75) is 20.4 Å². The largest absolute Gasteiger partial charge is 0.467 e. The minimum Gasteiger partial charge on any atom is -0.467 e. The standard InChI is InChI=1S/C13H15N3O2/c1-3-16(9-11-5-4-6-18-11)13(17)12-8-14-7-10(2)15-12/h4-8H,3,9H2,1-2H3. The maximum atomic E-state index is 12.2. The maximum absolute atomic E-state index is 12.2. The van der Waals surface area contributed by atoms with Crippen LogP contribution in [0.1, 0.15) is 28.9 Å². The molecule has 0 spiro atoms. The zero-order valence-electron chi connectivity index (χ0n) is 10.5. The first-order chi connectivity index (χ1) is 8.70. The second kappa shape index (κ2) is 5.44. The molecule has 2 heterocycles. The zero-order valence-corrected chi connectivity index (χ0v) is 10.5. The van der Waals surface area contributed by atoms with Crippen LogP contribution in [0.2, 0.25) is 0 Å². The summed E-state index contributed by atoms with van der Waals surface area (Å²) in [4.78, 5) is 22.1. The Hall–Kier alpha value is -2.17. The second-order valence-corrected chi connectivity index (χ2v) is 3.94. The molecule has 0 radical (unpaired) electrons. The predicted molar refractivity (Wildman–Crippen MR) is 65.9 cm³/mol. The highest BCUT2D eigenvalue weighted by Crippen LogP contribution is 2.08. The molecule has 2 aromatic heterocycles. The number of hydrogen-bond acceptors (Lipinski definition) is 4. The summed E-state index contributed by atoms with van der Waals surface area (Å²) in [5, 5.41) is 0. The van der Waals surface area contributed by atoms with Crippen molar-refractivity contribution in [2.75, 3.05) is 6.54 Å². The van der Waals surface area contributed by atoms with Gasteiger partial charge in [0.2, 0.25) is 0 Å². The van der Waals surface area contributed by atoms with E-state index < -0.39 is 0 Å². The Morgan fingerprint density at radius 3 is 2.89 bits per heavy atom. The Morgan fingerprint density at radius 1 is 1.44 bits per heavy atom. The summed E-state index contributed by atoms with van der Waals surface area (Å²) in [7, 11) is 0. The molecular weight excluding hydrogens is 230 g/mol. The highest BCUT2D eigenvalue weighted by Gasteiger charge is 2.17. The van der Waals surface area contributed by atoms with E-state index in [0.29, 0.717) is 18.8 Å². The van der Waals surface area contributed by atoms with Gasteiger partial charge < -0.3 is 9.32 Å². The summed E-state index contributed by atoms with van der Waals surface area (Å²) >= 11 is 0. The third-order valence-electron chi connectivity index (χ3n) is 2.57. The summed E-state index contributed by atoms with van der Waals surface area (Å²) in [5.41, 5.74) is 1.10. The van der Waals surface area contributed by atoms with Crippen molar-refractivity contribution in [3.63, 3.8) is 0 Å². The Bertz CT molecular complexity index is 523. The molecule has 0 saturated carbocycles. The third-order valence-corrected chi connectivity index (χ3v) is 2.57. The molecule has 0 aliphatic rings. The molecule has 0 aromatic carbocycles. The van der Waals surface area contributed by atoms with Crippen LogP contribution in [-0.2, 0) is 6.54 Å². The fourth-order valence-electron chi connectivity index (χ4n) is 1.65. The van der Waals surface area contributed by atoms with Gasteiger partial charge in [-0.2, -0.15) is 0 Å². The Kier molecular flexibility index (Phi) is 3.72. The van der Waals surface area contributed by atoms with Crippen LogP contribution in [0, 0.1) is 6.92 Å². The van der Waals surface area contributed by atoms with E-state index in [0.717, 1.165) is 11.5 Å². The lowest BCUT2D eigenvalue weighted by atomic mass is 10.3. The molecule has 0 unspecified atom stereocenters. The van der Waals surface area contributed by atoms with Gasteiger partial charge in [0.15, 0.2) is 0 Å². The van der Waals surface area contributed by atoms with Gasteiger partial charge in [-0.05, 0) is 26.0 Å². The van der Waals surface area contributed by atoms with Gasteiger partial charge in [-0.3, -0.25) is 9.78 Å². The zero-order chi connectivity index (χ0) is 13.0. The van der Waals surface area contributed by atoms with E-state index in [1.54, 1.807) is 23.4 Å². The van der Waals surface area contributed by atoms with Crippen molar-refractivity contribution in [2.24, 2.45) is 0 Å². The molecule has 5 nitrogen and oxygen atoms in total. The molecule has 2 rings (SSSR count). The van der Waals surface area contributed by atoms with E-state index in [1.165, 1.54) is 6.20 Å². The van der Waals surface area contributed by atoms with E-state index >= 15 is 0 Å². The molecule has 94 valence electrons. The van der Waals surface area contributed by atoms with Crippen molar-refractivity contribution >= 4 is 5.91 Å². The van der Waals surface area contributed by atoms with Crippen molar-refractivity contribution < 1.29 is 9.21 Å². The number of aromatic nitrogens is 2. The van der Waals surface area contributed by atoms with Crippen LogP contribution in [0.4, 0.5) is 0 Å². The van der Waals surface area contributed by atoms with Crippen LogP contribution in [0.25, 0.3) is 0 Å². The van der Waals surface area contributed by atoms with Crippen LogP contribution in [0.15, 0.2) is 35.2 Å². The molecule has 0 saturated heterocycles. The fourth-order valence-corrected chi connectivity index (χ4v) is 1.65. The summed E-state index contributed by atoms with van der Waals surface area (Å²) in [5.74, 6) is 0.621. The number of carbonyl (C=O) groups is 1. The number of carbonyl (C=O) groups excluding carboxylic acids is 1. The molecular formula is C13H15N3O2. The number of rotatable bonds is 4. The lowest BCUT2D eigenvalue weighted by molar-refractivity contribution is 0.0734. The van der Waals surface area contributed by atoms with Crippen LogP contribution in [-0.4, -0.2) is 27.3 Å². The Labute approximate surface area is 105 Å². The molecule has 0 fully saturated rings. The van der Waals surface area contributed by atoms with Crippen LogP contribution < -0.4 is 0 Å². The highest BCUT2D eigenvalue weighted by atomic mass is 16.3. The summed E-state index contributed by atoms with van der Waals surface area (Å²) in [6.07, 6.45) is 4.71. The van der Waals surface area contributed by atoms with Crippen molar-refractivity contribution in [1.29, 1.82) is 0 Å². The van der Waals surface area contributed by atoms with Crippen LogP contribution >= 0.6 is 0 Å².